The molecule has 0 saturated carbocycles. The third kappa shape index (κ3) is 10.7. The summed E-state index contributed by atoms with van der Waals surface area (Å²) in [5.41, 5.74) is 2.87. The molecule has 154 valence electrons. The second-order valence-corrected chi connectivity index (χ2v) is 8.52. The zero-order valence-electron chi connectivity index (χ0n) is 18.8. The van der Waals surface area contributed by atoms with Crippen molar-refractivity contribution < 1.29 is 0 Å². The fourth-order valence-electron chi connectivity index (χ4n) is 3.57. The van der Waals surface area contributed by atoms with E-state index in [1.807, 2.05) is 0 Å². The zero-order valence-corrected chi connectivity index (χ0v) is 18.8. The highest BCUT2D eigenvalue weighted by atomic mass is 14.9. The molecule has 0 N–H and O–H groups in total. The third-order valence-electron chi connectivity index (χ3n) is 5.43. The van der Waals surface area contributed by atoms with Crippen LogP contribution in [-0.4, -0.2) is 9.97 Å². The van der Waals surface area contributed by atoms with Crippen LogP contribution in [0, 0.1) is 11.8 Å². The fraction of sp³-hybridized carbons (Fsp3) is 0.760. The van der Waals surface area contributed by atoms with Crippen molar-refractivity contribution in [3.8, 4) is 0 Å². The van der Waals surface area contributed by atoms with Crippen molar-refractivity contribution in [1.29, 1.82) is 0 Å². The number of nitrogens with zero attached hydrogens (tertiary/aromatic N) is 2. The van der Waals surface area contributed by atoms with Crippen LogP contribution in [0.1, 0.15) is 110 Å². The van der Waals surface area contributed by atoms with Crippen LogP contribution in [0.4, 0.5) is 0 Å². The Morgan fingerprint density at radius 3 is 2.00 bits per heavy atom. The van der Waals surface area contributed by atoms with Gasteiger partial charge >= 0.3 is 0 Å². The molecule has 0 aliphatic rings. The van der Waals surface area contributed by atoms with Crippen molar-refractivity contribution in [3.63, 3.8) is 0 Å². The SMILES string of the molecule is CCCCc1cnc(C/C(=C/CCC(C)C)C(CCCC)CCCC)nc1. The summed E-state index contributed by atoms with van der Waals surface area (Å²) in [7, 11) is 0. The normalized spacial score (nSPS) is 12.3. The average Bonchev–Trinajstić information content (AvgIpc) is 2.66. The van der Waals surface area contributed by atoms with Crippen molar-refractivity contribution in [1.82, 2.24) is 9.97 Å². The molecule has 2 heteroatoms. The molecule has 0 aromatic carbocycles. The Labute approximate surface area is 169 Å². The standard InChI is InChI=1S/C25H44N2/c1-6-9-14-22-19-26-25(27-20-22)18-24(17-12-13-21(4)5)23(15-10-7-2)16-11-8-3/h17,19-21,23H,6-16,18H2,1-5H3/b24-17-. The molecule has 1 aromatic rings. The minimum Gasteiger partial charge on any atom is -0.241 e. The van der Waals surface area contributed by atoms with Crippen LogP contribution >= 0.6 is 0 Å². The fourth-order valence-corrected chi connectivity index (χ4v) is 3.57. The predicted octanol–water partition coefficient (Wildman–Crippen LogP) is 7.72. The Balaban J connectivity index is 2.87. The van der Waals surface area contributed by atoms with Gasteiger partial charge in [-0.1, -0.05) is 78.4 Å². The van der Waals surface area contributed by atoms with E-state index < -0.39 is 0 Å². The first kappa shape index (κ1) is 23.9. The summed E-state index contributed by atoms with van der Waals surface area (Å²) >= 11 is 0. The van der Waals surface area contributed by atoms with Gasteiger partial charge in [-0.25, -0.2) is 9.97 Å². The molecular formula is C25H44N2. The molecule has 0 saturated heterocycles. The number of aromatic nitrogens is 2. The van der Waals surface area contributed by atoms with Gasteiger partial charge in [0.05, 0.1) is 0 Å². The van der Waals surface area contributed by atoms with Gasteiger partial charge in [-0.3, -0.25) is 0 Å². The van der Waals surface area contributed by atoms with Gasteiger partial charge in [0, 0.05) is 18.8 Å². The molecule has 1 aromatic heterocycles. The van der Waals surface area contributed by atoms with E-state index in [1.54, 1.807) is 5.57 Å². The summed E-state index contributed by atoms with van der Waals surface area (Å²) in [6, 6.07) is 0. The number of aryl methyl sites for hydroxylation is 1. The van der Waals surface area contributed by atoms with Crippen molar-refractivity contribution in [2.75, 3.05) is 0 Å². The van der Waals surface area contributed by atoms with Gasteiger partial charge in [-0.2, -0.15) is 0 Å². The van der Waals surface area contributed by atoms with Crippen molar-refractivity contribution in [2.24, 2.45) is 11.8 Å². The first-order valence-electron chi connectivity index (χ1n) is 11.6. The van der Waals surface area contributed by atoms with Crippen LogP contribution in [0.25, 0.3) is 0 Å². The molecule has 0 aliphatic carbocycles. The van der Waals surface area contributed by atoms with E-state index in [-0.39, 0.29) is 0 Å². The minimum atomic E-state index is 0.709. The lowest BCUT2D eigenvalue weighted by Crippen LogP contribution is -2.10. The molecule has 27 heavy (non-hydrogen) atoms. The lowest BCUT2D eigenvalue weighted by molar-refractivity contribution is 0.463. The molecule has 0 bridgehead atoms. The quantitative estimate of drug-likeness (QED) is 0.294. The monoisotopic (exact) mass is 372 g/mol. The summed E-state index contributed by atoms with van der Waals surface area (Å²) in [4.78, 5) is 9.41. The Kier molecular flexibility index (Phi) is 13.1. The summed E-state index contributed by atoms with van der Waals surface area (Å²) in [5.74, 6) is 2.48. The lowest BCUT2D eigenvalue weighted by atomic mass is 9.85. The Bertz CT molecular complexity index is 494. The molecule has 0 fully saturated rings. The molecule has 0 radical (unpaired) electrons. The maximum atomic E-state index is 4.71. The van der Waals surface area contributed by atoms with Gasteiger partial charge in [-0.15, -0.1) is 0 Å². The molecule has 1 heterocycles. The topological polar surface area (TPSA) is 25.8 Å². The maximum Gasteiger partial charge on any atom is 0.132 e. The highest BCUT2D eigenvalue weighted by Gasteiger charge is 2.15. The van der Waals surface area contributed by atoms with Crippen molar-refractivity contribution in [3.05, 3.63) is 35.4 Å². The van der Waals surface area contributed by atoms with Crippen LogP contribution in [-0.2, 0) is 12.8 Å². The lowest BCUT2D eigenvalue weighted by Gasteiger charge is -2.21. The Hall–Kier alpha value is -1.18. The van der Waals surface area contributed by atoms with E-state index in [1.165, 1.54) is 69.8 Å². The van der Waals surface area contributed by atoms with E-state index in [0.29, 0.717) is 5.92 Å². The Morgan fingerprint density at radius 2 is 1.48 bits per heavy atom. The predicted molar refractivity (Wildman–Crippen MR) is 119 cm³/mol. The van der Waals surface area contributed by atoms with Gasteiger partial charge in [-0.05, 0) is 55.9 Å². The molecular weight excluding hydrogens is 328 g/mol. The van der Waals surface area contributed by atoms with Gasteiger partial charge in [0.1, 0.15) is 5.82 Å². The molecule has 0 aliphatic heterocycles. The minimum absolute atomic E-state index is 0.709. The van der Waals surface area contributed by atoms with Crippen LogP contribution in [0.5, 0.6) is 0 Å². The van der Waals surface area contributed by atoms with E-state index in [9.17, 15) is 0 Å². The molecule has 0 atom stereocenters. The van der Waals surface area contributed by atoms with Crippen molar-refractivity contribution in [2.45, 2.75) is 112 Å². The molecule has 0 spiro atoms. The third-order valence-corrected chi connectivity index (χ3v) is 5.43. The molecule has 0 unspecified atom stereocenters. The van der Waals surface area contributed by atoms with Gasteiger partial charge in [0.2, 0.25) is 0 Å². The maximum absolute atomic E-state index is 4.71. The molecule has 0 amide bonds. The summed E-state index contributed by atoms with van der Waals surface area (Å²) < 4.78 is 0. The first-order valence-corrected chi connectivity index (χ1v) is 11.6. The van der Waals surface area contributed by atoms with E-state index in [4.69, 9.17) is 9.97 Å². The van der Waals surface area contributed by atoms with Crippen LogP contribution in [0.3, 0.4) is 0 Å². The average molecular weight is 373 g/mol. The van der Waals surface area contributed by atoms with E-state index in [0.717, 1.165) is 24.6 Å². The summed E-state index contributed by atoms with van der Waals surface area (Å²) in [6.07, 6.45) is 21.4. The highest BCUT2D eigenvalue weighted by molar-refractivity contribution is 5.15. The smallest absolute Gasteiger partial charge is 0.132 e. The number of unbranched alkanes of at least 4 members (excludes halogenated alkanes) is 3. The van der Waals surface area contributed by atoms with Gasteiger partial charge < -0.3 is 0 Å². The number of hydrogen-bond donors (Lipinski definition) is 0. The van der Waals surface area contributed by atoms with E-state index in [2.05, 4.69) is 53.1 Å². The summed E-state index contributed by atoms with van der Waals surface area (Å²) in [6.45, 7) is 11.5. The zero-order chi connectivity index (χ0) is 19.9. The number of allylic oxidation sites excluding steroid dienone is 2. The van der Waals surface area contributed by atoms with Crippen LogP contribution in [0.2, 0.25) is 0 Å². The van der Waals surface area contributed by atoms with Crippen LogP contribution < -0.4 is 0 Å². The molecule has 2 nitrogen and oxygen atoms in total. The number of hydrogen-bond acceptors (Lipinski definition) is 2. The van der Waals surface area contributed by atoms with Gasteiger partial charge in [0.15, 0.2) is 0 Å². The summed E-state index contributed by atoms with van der Waals surface area (Å²) in [5, 5.41) is 0. The second-order valence-electron chi connectivity index (χ2n) is 8.52. The largest absolute Gasteiger partial charge is 0.241 e. The van der Waals surface area contributed by atoms with Crippen LogP contribution in [0.15, 0.2) is 24.0 Å². The molecule has 1 rings (SSSR count). The second kappa shape index (κ2) is 14.8. The van der Waals surface area contributed by atoms with Gasteiger partial charge in [0.25, 0.3) is 0 Å². The van der Waals surface area contributed by atoms with Crippen molar-refractivity contribution >= 4 is 0 Å². The first-order chi connectivity index (χ1) is 13.1. The Morgan fingerprint density at radius 1 is 0.889 bits per heavy atom. The highest BCUT2D eigenvalue weighted by Crippen LogP contribution is 2.27. The van der Waals surface area contributed by atoms with E-state index >= 15 is 0 Å². The number of rotatable bonds is 15.